The van der Waals surface area contributed by atoms with Gasteiger partial charge >= 0.3 is 0 Å². The van der Waals surface area contributed by atoms with E-state index in [-0.39, 0.29) is 5.69 Å². The van der Waals surface area contributed by atoms with Crippen LogP contribution in [0.4, 0.5) is 5.69 Å². The summed E-state index contributed by atoms with van der Waals surface area (Å²) in [5.41, 5.74) is 3.14. The molecule has 2 aromatic carbocycles. The highest BCUT2D eigenvalue weighted by atomic mass is 16.6. The lowest BCUT2D eigenvalue weighted by molar-refractivity contribution is -0.384. The van der Waals surface area contributed by atoms with E-state index in [4.69, 9.17) is 0 Å². The van der Waals surface area contributed by atoms with Gasteiger partial charge < -0.3 is 0 Å². The minimum absolute atomic E-state index is 0.0314. The lowest BCUT2D eigenvalue weighted by Gasteiger charge is -2.11. The van der Waals surface area contributed by atoms with Crippen LogP contribution >= 0.6 is 0 Å². The van der Waals surface area contributed by atoms with E-state index in [0.29, 0.717) is 17.9 Å². The maximum absolute atomic E-state index is 11.1. The van der Waals surface area contributed by atoms with Crippen molar-refractivity contribution in [1.29, 1.82) is 0 Å². The van der Waals surface area contributed by atoms with Gasteiger partial charge in [0, 0.05) is 23.3 Å². The molecule has 1 aliphatic heterocycles. The van der Waals surface area contributed by atoms with Crippen LogP contribution in [0.1, 0.15) is 17.0 Å². The normalized spacial score (nSPS) is 12.8. The molecule has 0 atom stereocenters. The average Bonchev–Trinajstić information content (AvgIpc) is 2.98. The number of benzene rings is 2. The Hall–Kier alpha value is -3.35. The van der Waals surface area contributed by atoms with Crippen molar-refractivity contribution in [2.45, 2.75) is 6.54 Å². The van der Waals surface area contributed by atoms with Crippen LogP contribution in [-0.4, -0.2) is 25.4 Å². The fourth-order valence-corrected chi connectivity index (χ4v) is 2.68. The van der Waals surface area contributed by atoms with Crippen LogP contribution in [0.3, 0.4) is 0 Å². The molecule has 1 aliphatic rings. The van der Waals surface area contributed by atoms with Gasteiger partial charge in [0.15, 0.2) is 5.82 Å². The van der Waals surface area contributed by atoms with Crippen molar-refractivity contribution in [3.63, 3.8) is 0 Å². The van der Waals surface area contributed by atoms with Gasteiger partial charge in [-0.15, -0.1) is 10.2 Å². The molecular weight excluding hydrogens is 294 g/mol. The van der Waals surface area contributed by atoms with Crippen molar-refractivity contribution in [2.24, 2.45) is 4.99 Å². The topological polar surface area (TPSA) is 86.2 Å². The molecule has 0 unspecified atom stereocenters. The van der Waals surface area contributed by atoms with Gasteiger partial charge in [0.2, 0.25) is 0 Å². The third-order valence-corrected chi connectivity index (χ3v) is 3.75. The molecule has 0 spiro atoms. The Balaban J connectivity index is 1.99. The van der Waals surface area contributed by atoms with Gasteiger partial charge in [0.1, 0.15) is 12.9 Å². The largest absolute Gasteiger partial charge is 0.283 e. The summed E-state index contributed by atoms with van der Waals surface area (Å²) in [5, 5.41) is 19.1. The first-order valence-electron chi connectivity index (χ1n) is 7.02. The Kier molecular flexibility index (Phi) is 2.97. The van der Waals surface area contributed by atoms with Gasteiger partial charge in [0.05, 0.1) is 16.3 Å². The van der Waals surface area contributed by atoms with E-state index in [9.17, 15) is 10.1 Å². The molecule has 4 rings (SSSR count). The van der Waals surface area contributed by atoms with Crippen molar-refractivity contribution in [2.75, 3.05) is 0 Å². The highest BCUT2D eigenvalue weighted by Gasteiger charge is 2.22. The number of nitrogens with zero attached hydrogens (tertiary/aromatic N) is 5. The van der Waals surface area contributed by atoms with Gasteiger partial charge in [-0.3, -0.25) is 19.7 Å². The van der Waals surface area contributed by atoms with E-state index >= 15 is 0 Å². The second kappa shape index (κ2) is 5.13. The van der Waals surface area contributed by atoms with Crippen LogP contribution in [0.2, 0.25) is 0 Å². The van der Waals surface area contributed by atoms with Gasteiger partial charge in [-0.25, -0.2) is 0 Å². The Morgan fingerprint density at radius 3 is 2.74 bits per heavy atom. The Morgan fingerprint density at radius 2 is 1.96 bits per heavy atom. The molecule has 7 heteroatoms. The summed E-state index contributed by atoms with van der Waals surface area (Å²) in [5.74, 6) is 0.700. The highest BCUT2D eigenvalue weighted by molar-refractivity contribution is 6.15. The summed E-state index contributed by atoms with van der Waals surface area (Å²) < 4.78 is 1.82. The molecule has 0 amide bonds. The van der Waals surface area contributed by atoms with E-state index < -0.39 is 4.92 Å². The number of rotatable bonds is 2. The summed E-state index contributed by atoms with van der Waals surface area (Å²) in [6.45, 7) is 0.368. The lowest BCUT2D eigenvalue weighted by Crippen LogP contribution is -2.07. The lowest BCUT2D eigenvalue weighted by atomic mass is 10.00. The highest BCUT2D eigenvalue weighted by Crippen LogP contribution is 2.27. The van der Waals surface area contributed by atoms with Gasteiger partial charge in [0.25, 0.3) is 5.69 Å². The van der Waals surface area contributed by atoms with Crippen molar-refractivity contribution in [3.8, 4) is 5.69 Å². The fraction of sp³-hybridized carbons (Fsp3) is 0.0625. The molecule has 7 nitrogen and oxygen atoms in total. The predicted molar refractivity (Wildman–Crippen MR) is 83.8 cm³/mol. The number of aliphatic imine (C=N–C) groups is 1. The molecule has 0 N–H and O–H groups in total. The van der Waals surface area contributed by atoms with E-state index in [0.717, 1.165) is 17.0 Å². The minimum atomic E-state index is -0.402. The molecule has 23 heavy (non-hydrogen) atoms. The second-order valence-corrected chi connectivity index (χ2v) is 5.11. The molecule has 0 fully saturated rings. The number of nitro benzene ring substituents is 1. The number of hydrogen-bond donors (Lipinski definition) is 0. The molecule has 0 radical (unpaired) electrons. The van der Waals surface area contributed by atoms with Gasteiger partial charge in [-0.05, 0) is 6.07 Å². The first-order chi connectivity index (χ1) is 11.2. The van der Waals surface area contributed by atoms with Crippen LogP contribution in [-0.2, 0) is 6.54 Å². The summed E-state index contributed by atoms with van der Waals surface area (Å²) in [7, 11) is 0. The van der Waals surface area contributed by atoms with Crippen LogP contribution in [0.15, 0.2) is 59.9 Å². The quantitative estimate of drug-likeness (QED) is 0.537. The minimum Gasteiger partial charge on any atom is -0.283 e. The standard InChI is InChI=1S/C16H11N5O2/c22-21(23)12-6-7-14-13(8-12)16(11-4-2-1-3-5-11)17-9-15-19-18-10-20(14)15/h1-8,10H,9H2. The first kappa shape index (κ1) is 13.3. The summed E-state index contributed by atoms with van der Waals surface area (Å²) in [6, 6.07) is 14.4. The maximum atomic E-state index is 11.1. The van der Waals surface area contributed by atoms with Gasteiger partial charge in [-0.1, -0.05) is 30.3 Å². The first-order valence-corrected chi connectivity index (χ1v) is 7.02. The number of nitro groups is 1. The zero-order valence-electron chi connectivity index (χ0n) is 12.0. The molecule has 3 aromatic rings. The third-order valence-electron chi connectivity index (χ3n) is 3.75. The fourth-order valence-electron chi connectivity index (χ4n) is 2.68. The molecule has 0 saturated carbocycles. The zero-order valence-corrected chi connectivity index (χ0v) is 12.0. The molecule has 0 aliphatic carbocycles. The van der Waals surface area contributed by atoms with E-state index in [1.807, 2.05) is 34.9 Å². The Morgan fingerprint density at radius 1 is 1.13 bits per heavy atom. The molecule has 0 saturated heterocycles. The number of fused-ring (bicyclic) bond motifs is 3. The summed E-state index contributed by atoms with van der Waals surface area (Å²) in [6.07, 6.45) is 1.60. The smallest absolute Gasteiger partial charge is 0.270 e. The molecule has 112 valence electrons. The number of non-ortho nitro benzene ring substituents is 1. The second-order valence-electron chi connectivity index (χ2n) is 5.11. The Labute approximate surface area is 131 Å². The monoisotopic (exact) mass is 305 g/mol. The number of hydrogen-bond acceptors (Lipinski definition) is 5. The Bertz CT molecular complexity index is 931. The van der Waals surface area contributed by atoms with Crippen molar-refractivity contribution < 1.29 is 4.92 Å². The van der Waals surface area contributed by atoms with Crippen LogP contribution in [0, 0.1) is 10.1 Å². The molecular formula is C16H11N5O2. The number of aromatic nitrogens is 3. The third kappa shape index (κ3) is 2.18. The zero-order chi connectivity index (χ0) is 15.8. The predicted octanol–water partition coefficient (Wildman–Crippen LogP) is 2.53. The maximum Gasteiger partial charge on any atom is 0.270 e. The van der Waals surface area contributed by atoms with Crippen LogP contribution in [0.5, 0.6) is 0 Å². The van der Waals surface area contributed by atoms with Crippen molar-refractivity contribution >= 4 is 11.4 Å². The average molecular weight is 305 g/mol. The SMILES string of the molecule is O=[N+]([O-])c1ccc2c(c1)C(c1ccccc1)=NCc1nncn1-2. The molecule has 1 aromatic heterocycles. The molecule has 0 bridgehead atoms. The van der Waals surface area contributed by atoms with Crippen LogP contribution in [0.25, 0.3) is 5.69 Å². The molecule has 2 heterocycles. The summed E-state index contributed by atoms with van der Waals surface area (Å²) >= 11 is 0. The van der Waals surface area contributed by atoms with Crippen molar-refractivity contribution in [1.82, 2.24) is 14.8 Å². The van der Waals surface area contributed by atoms with Gasteiger partial charge in [-0.2, -0.15) is 0 Å². The van der Waals surface area contributed by atoms with Crippen molar-refractivity contribution in [3.05, 3.63) is 81.9 Å². The summed E-state index contributed by atoms with van der Waals surface area (Å²) in [4.78, 5) is 15.4. The van der Waals surface area contributed by atoms with Crippen LogP contribution < -0.4 is 0 Å². The van der Waals surface area contributed by atoms with E-state index in [1.54, 1.807) is 18.5 Å². The van der Waals surface area contributed by atoms with E-state index in [2.05, 4.69) is 15.2 Å². The van der Waals surface area contributed by atoms with E-state index in [1.165, 1.54) is 6.07 Å².